The second-order valence-electron chi connectivity index (χ2n) is 3.84. The van der Waals surface area contributed by atoms with Crippen LogP contribution in [0.25, 0.3) is 0 Å². The van der Waals surface area contributed by atoms with E-state index in [2.05, 4.69) is 36.6 Å². The third-order valence-corrected chi connectivity index (χ3v) is 2.90. The number of hydrazine groups is 1. The van der Waals surface area contributed by atoms with E-state index >= 15 is 0 Å². The number of halogens is 1. The fourth-order valence-electron chi connectivity index (χ4n) is 1.52. The van der Waals surface area contributed by atoms with Gasteiger partial charge in [0.05, 0.1) is 0 Å². The smallest absolute Gasteiger partial charge is 0.239 e. The summed E-state index contributed by atoms with van der Waals surface area (Å²) in [6.07, 6.45) is 0. The zero-order valence-electron chi connectivity index (χ0n) is 9.94. The Hall–Kier alpha value is -1.66. The van der Waals surface area contributed by atoms with Gasteiger partial charge in [-0.1, -0.05) is 28.1 Å². The van der Waals surface area contributed by atoms with Crippen LogP contribution in [0.3, 0.4) is 0 Å². The highest BCUT2D eigenvalue weighted by molar-refractivity contribution is 9.10. The topological polar surface area (TPSA) is 75.9 Å². The van der Waals surface area contributed by atoms with Gasteiger partial charge in [0, 0.05) is 22.8 Å². The van der Waals surface area contributed by atoms with E-state index in [4.69, 9.17) is 5.84 Å². The molecule has 4 N–H and O–H groups in total. The van der Waals surface area contributed by atoms with Gasteiger partial charge in [-0.2, -0.15) is 4.98 Å². The molecule has 0 radical (unpaired) electrons. The molecule has 2 aromatic rings. The largest absolute Gasteiger partial charge is 0.366 e. The Morgan fingerprint density at radius 1 is 1.22 bits per heavy atom. The van der Waals surface area contributed by atoms with E-state index in [1.165, 1.54) is 5.56 Å². The molecule has 0 unspecified atom stereocenters. The summed E-state index contributed by atoms with van der Waals surface area (Å²) in [5.41, 5.74) is 4.48. The number of nitrogens with zero attached hydrogens (tertiary/aromatic N) is 2. The zero-order chi connectivity index (χ0) is 13.0. The fraction of sp³-hybridized carbons (Fsp3) is 0.167. The molecular formula is C12H14BrN5. The van der Waals surface area contributed by atoms with Crippen LogP contribution in [-0.2, 0) is 6.54 Å². The lowest BCUT2D eigenvalue weighted by molar-refractivity contribution is 1.04. The van der Waals surface area contributed by atoms with Crippen molar-refractivity contribution < 1.29 is 0 Å². The molecule has 5 nitrogen and oxygen atoms in total. The minimum atomic E-state index is 0.410. The summed E-state index contributed by atoms with van der Waals surface area (Å²) >= 11 is 3.41. The maximum Gasteiger partial charge on any atom is 0.239 e. The van der Waals surface area contributed by atoms with Crippen LogP contribution < -0.4 is 16.6 Å². The summed E-state index contributed by atoms with van der Waals surface area (Å²) in [6.45, 7) is 2.60. The summed E-state index contributed by atoms with van der Waals surface area (Å²) in [6, 6.07) is 9.99. The maximum atomic E-state index is 5.30. The number of aryl methyl sites for hydroxylation is 1. The number of nitrogens with two attached hydrogens (primary N) is 1. The van der Waals surface area contributed by atoms with Gasteiger partial charge in [-0.25, -0.2) is 10.8 Å². The van der Waals surface area contributed by atoms with E-state index in [-0.39, 0.29) is 0 Å². The van der Waals surface area contributed by atoms with Crippen LogP contribution in [0.15, 0.2) is 34.8 Å². The van der Waals surface area contributed by atoms with Crippen molar-refractivity contribution in [3.05, 3.63) is 46.1 Å². The number of nitrogen functional groups attached to an aromatic ring is 1. The average Bonchev–Trinajstić information content (AvgIpc) is 2.37. The van der Waals surface area contributed by atoms with Crippen molar-refractivity contribution in [3.63, 3.8) is 0 Å². The quantitative estimate of drug-likeness (QED) is 0.597. The van der Waals surface area contributed by atoms with Crippen LogP contribution in [0.1, 0.15) is 11.3 Å². The third kappa shape index (κ3) is 3.41. The molecule has 0 amide bonds. The molecule has 0 fully saturated rings. The number of rotatable bonds is 4. The number of hydrogen-bond donors (Lipinski definition) is 3. The number of anilines is 2. The summed E-state index contributed by atoms with van der Waals surface area (Å²) in [5.74, 6) is 6.46. The Labute approximate surface area is 114 Å². The van der Waals surface area contributed by atoms with Crippen LogP contribution >= 0.6 is 15.9 Å². The van der Waals surface area contributed by atoms with Crippen molar-refractivity contribution in [2.45, 2.75) is 13.5 Å². The van der Waals surface area contributed by atoms with Crippen LogP contribution in [0.4, 0.5) is 11.8 Å². The number of benzene rings is 1. The lowest BCUT2D eigenvalue weighted by Gasteiger charge is -2.08. The molecule has 0 spiro atoms. The molecule has 1 aromatic carbocycles. The van der Waals surface area contributed by atoms with Crippen molar-refractivity contribution in [3.8, 4) is 0 Å². The predicted molar refractivity (Wildman–Crippen MR) is 76.0 cm³/mol. The van der Waals surface area contributed by atoms with Crippen LogP contribution in [0.5, 0.6) is 0 Å². The maximum absolute atomic E-state index is 5.30. The summed E-state index contributed by atoms with van der Waals surface area (Å²) in [7, 11) is 0. The molecule has 0 aliphatic rings. The van der Waals surface area contributed by atoms with Crippen LogP contribution in [0, 0.1) is 6.92 Å². The first kappa shape index (κ1) is 12.8. The SMILES string of the molecule is Cc1cc(NCc2ccc(Br)cc2)nc(NN)n1. The van der Waals surface area contributed by atoms with Gasteiger partial charge in [0.2, 0.25) is 5.95 Å². The summed E-state index contributed by atoms with van der Waals surface area (Å²) in [4.78, 5) is 8.34. The Bertz CT molecular complexity index is 526. The zero-order valence-corrected chi connectivity index (χ0v) is 11.5. The number of nitrogens with one attached hydrogen (secondary N) is 2. The van der Waals surface area contributed by atoms with E-state index in [9.17, 15) is 0 Å². The van der Waals surface area contributed by atoms with Gasteiger partial charge >= 0.3 is 0 Å². The summed E-state index contributed by atoms with van der Waals surface area (Å²) in [5, 5.41) is 3.23. The van der Waals surface area contributed by atoms with Crippen molar-refractivity contribution in [2.75, 3.05) is 10.7 Å². The number of hydrogen-bond acceptors (Lipinski definition) is 5. The van der Waals surface area contributed by atoms with E-state index in [0.717, 1.165) is 16.0 Å². The van der Waals surface area contributed by atoms with E-state index in [1.807, 2.05) is 37.3 Å². The van der Waals surface area contributed by atoms with Gasteiger partial charge in [0.25, 0.3) is 0 Å². The second-order valence-corrected chi connectivity index (χ2v) is 4.76. The highest BCUT2D eigenvalue weighted by Crippen LogP contribution is 2.13. The molecule has 0 aliphatic carbocycles. The molecule has 1 aromatic heterocycles. The van der Waals surface area contributed by atoms with Gasteiger partial charge in [0.1, 0.15) is 5.82 Å². The Morgan fingerprint density at radius 3 is 2.61 bits per heavy atom. The Morgan fingerprint density at radius 2 is 1.94 bits per heavy atom. The second kappa shape index (κ2) is 5.79. The predicted octanol–water partition coefficient (Wildman–Crippen LogP) is 2.45. The Balaban J connectivity index is 2.05. The van der Waals surface area contributed by atoms with Gasteiger partial charge in [-0.3, -0.25) is 5.43 Å². The van der Waals surface area contributed by atoms with E-state index in [1.54, 1.807) is 0 Å². The molecule has 6 heteroatoms. The molecule has 0 aliphatic heterocycles. The molecule has 0 saturated heterocycles. The third-order valence-electron chi connectivity index (χ3n) is 2.37. The molecule has 94 valence electrons. The molecule has 1 heterocycles. The van der Waals surface area contributed by atoms with Crippen molar-refractivity contribution >= 4 is 27.7 Å². The van der Waals surface area contributed by atoms with Crippen molar-refractivity contribution in [2.24, 2.45) is 5.84 Å². The first-order chi connectivity index (χ1) is 8.67. The van der Waals surface area contributed by atoms with Crippen LogP contribution in [-0.4, -0.2) is 9.97 Å². The van der Waals surface area contributed by atoms with Gasteiger partial charge in [-0.05, 0) is 24.6 Å². The molecule has 0 saturated carbocycles. The lowest BCUT2D eigenvalue weighted by Crippen LogP contribution is -2.12. The van der Waals surface area contributed by atoms with Gasteiger partial charge in [-0.15, -0.1) is 0 Å². The molecule has 18 heavy (non-hydrogen) atoms. The molecular weight excluding hydrogens is 294 g/mol. The molecule has 0 atom stereocenters. The number of aromatic nitrogens is 2. The fourth-order valence-corrected chi connectivity index (χ4v) is 1.78. The van der Waals surface area contributed by atoms with Crippen molar-refractivity contribution in [1.29, 1.82) is 0 Å². The first-order valence-corrected chi connectivity index (χ1v) is 6.27. The monoisotopic (exact) mass is 307 g/mol. The highest BCUT2D eigenvalue weighted by atomic mass is 79.9. The van der Waals surface area contributed by atoms with Crippen molar-refractivity contribution in [1.82, 2.24) is 9.97 Å². The van der Waals surface area contributed by atoms with E-state index < -0.39 is 0 Å². The Kier molecular flexibility index (Phi) is 4.11. The van der Waals surface area contributed by atoms with Gasteiger partial charge in [0.15, 0.2) is 0 Å². The standard InChI is InChI=1S/C12H14BrN5/c1-8-6-11(17-12(16-8)18-14)15-7-9-2-4-10(13)5-3-9/h2-6H,7,14H2,1H3,(H2,15,16,17,18). The lowest BCUT2D eigenvalue weighted by atomic mass is 10.2. The summed E-state index contributed by atoms with van der Waals surface area (Å²) < 4.78 is 1.07. The highest BCUT2D eigenvalue weighted by Gasteiger charge is 2.00. The van der Waals surface area contributed by atoms with Gasteiger partial charge < -0.3 is 5.32 Å². The average molecular weight is 308 g/mol. The minimum Gasteiger partial charge on any atom is -0.366 e. The molecule has 2 rings (SSSR count). The van der Waals surface area contributed by atoms with E-state index in [0.29, 0.717) is 12.5 Å². The first-order valence-electron chi connectivity index (χ1n) is 5.48. The normalized spacial score (nSPS) is 10.2. The molecule has 0 bridgehead atoms. The minimum absolute atomic E-state index is 0.410. The van der Waals surface area contributed by atoms with Crippen LogP contribution in [0.2, 0.25) is 0 Å².